The van der Waals surface area contributed by atoms with Gasteiger partial charge in [-0.05, 0) is 142 Å². The van der Waals surface area contributed by atoms with Gasteiger partial charge in [0.1, 0.15) is 74.1 Å². The molecular formula is C88H72Au4P4+4. The summed E-state index contributed by atoms with van der Waals surface area (Å²) in [4.78, 5) is 0. The molecule has 8 heteroatoms. The quantitative estimate of drug-likeness (QED) is 0.0495. The average molecular weight is 2040 g/mol. The van der Waals surface area contributed by atoms with E-state index in [9.17, 15) is 0 Å². The Hall–Kier alpha value is -6.44. The summed E-state index contributed by atoms with van der Waals surface area (Å²) < 4.78 is 0. The van der Waals surface area contributed by atoms with E-state index in [1.165, 1.54) is 98.7 Å². The summed E-state index contributed by atoms with van der Waals surface area (Å²) in [5.74, 6) is 12.3. The van der Waals surface area contributed by atoms with Crippen LogP contribution in [-0.4, -0.2) is 11.8 Å². The SMILES string of the molecule is [Au+].[Au+].[Au+].[Au+].[C-]#Cc1ccc2c(c1)-c1ccc(C#[C-])cc1C2(C)C.[C-]#Cc1ccc2c(c1)-c1ccc(C#[C-])cc1C2(C)C.c1ccc([PH+](C[PH+](c2ccccc2)c2ccccc2)c2ccccc2)cc1.c1ccc([PH+](C[PH+](c2ccccc2)c2ccccc2)c2ccccc2)cc1. The van der Waals surface area contributed by atoms with Crippen molar-refractivity contribution in [3.8, 4) is 45.9 Å². The second kappa shape index (κ2) is 36.9. The van der Waals surface area contributed by atoms with Gasteiger partial charge >= 0.3 is 89.5 Å². The van der Waals surface area contributed by atoms with Crippen LogP contribution in [0.1, 0.15) is 72.2 Å². The molecule has 12 aromatic carbocycles. The van der Waals surface area contributed by atoms with Crippen molar-refractivity contribution in [1.29, 1.82) is 0 Å². The first-order valence-electron chi connectivity index (χ1n) is 31.2. The maximum absolute atomic E-state index is 7.28. The maximum atomic E-state index is 7.28. The van der Waals surface area contributed by atoms with Crippen molar-refractivity contribution in [3.63, 3.8) is 0 Å². The van der Waals surface area contributed by atoms with Crippen LogP contribution in [0.2, 0.25) is 0 Å². The number of fused-ring (bicyclic) bond motifs is 6. The maximum Gasteiger partial charge on any atom is 1.00 e. The van der Waals surface area contributed by atoms with Crippen LogP contribution < -0.4 is 42.4 Å². The first kappa shape index (κ1) is 76.9. The van der Waals surface area contributed by atoms with Crippen molar-refractivity contribution in [1.82, 2.24) is 0 Å². The zero-order chi connectivity index (χ0) is 63.9. The molecule has 0 heterocycles. The van der Waals surface area contributed by atoms with Crippen molar-refractivity contribution in [2.24, 2.45) is 0 Å². The molecule has 2 aliphatic rings. The van der Waals surface area contributed by atoms with E-state index in [0.717, 1.165) is 22.3 Å². The summed E-state index contributed by atoms with van der Waals surface area (Å²) in [6.45, 7) is 8.77. The molecule has 0 bridgehead atoms. The number of hydrogen-bond acceptors (Lipinski definition) is 0. The third-order valence-corrected chi connectivity index (χ3v) is 31.5. The van der Waals surface area contributed by atoms with E-state index in [4.69, 9.17) is 25.7 Å². The number of rotatable bonds is 12. The summed E-state index contributed by atoms with van der Waals surface area (Å²) in [6.07, 6.45) is 29.1. The molecule has 14 rings (SSSR count). The second-order valence-electron chi connectivity index (χ2n) is 24.0. The van der Waals surface area contributed by atoms with Crippen LogP contribution in [0.5, 0.6) is 0 Å². The molecule has 0 atom stereocenters. The predicted octanol–water partition coefficient (Wildman–Crippen LogP) is 17.1. The Morgan fingerprint density at radius 2 is 0.417 bits per heavy atom. The van der Waals surface area contributed by atoms with Crippen LogP contribution in [0, 0.1) is 49.4 Å². The third-order valence-electron chi connectivity index (χ3n) is 17.6. The van der Waals surface area contributed by atoms with Gasteiger partial charge in [0.15, 0.2) is 11.8 Å². The first-order valence-corrected chi connectivity index (χ1v) is 38.0. The molecule has 2 aliphatic carbocycles. The predicted molar refractivity (Wildman–Crippen MR) is 405 cm³/mol. The van der Waals surface area contributed by atoms with Gasteiger partial charge in [-0.1, -0.05) is 198 Å². The summed E-state index contributed by atoms with van der Waals surface area (Å²) >= 11 is 0. The van der Waals surface area contributed by atoms with Gasteiger partial charge in [0.25, 0.3) is 0 Å². The van der Waals surface area contributed by atoms with E-state index in [1.54, 1.807) is 0 Å². The third kappa shape index (κ3) is 18.3. The minimum atomic E-state index is -0.847. The van der Waals surface area contributed by atoms with Crippen LogP contribution in [-0.2, 0) is 100 Å². The Bertz CT molecular complexity index is 4000. The molecule has 0 amide bonds. The summed E-state index contributed by atoms with van der Waals surface area (Å²) in [5.41, 5.74) is 12.8. The van der Waals surface area contributed by atoms with Crippen molar-refractivity contribution < 1.29 is 89.5 Å². The standard InChI is InChI=1S/2C25H22P2.2C19H12.4Au/c2*1-5-13-22(14-6-1)26(23-15-7-2-8-16-23)21-27(24-17-9-3-10-18-24)25-19-11-4-12-20-25;2*1-5-13-8-10-17-16(11-13)15-9-7-14(6-2)12-18(15)19(17,3)4;;;;/h2*1-20H,21H2;2*7-12H,3-4H3;;;;/q;;2*-2;4*+1/p+4. The summed E-state index contributed by atoms with van der Waals surface area (Å²) in [5, 5.41) is 12.0. The van der Waals surface area contributed by atoms with Crippen molar-refractivity contribution >= 4 is 74.1 Å². The summed E-state index contributed by atoms with van der Waals surface area (Å²) in [7, 11) is -3.39. The van der Waals surface area contributed by atoms with Crippen LogP contribution in [0.3, 0.4) is 0 Å². The Labute approximate surface area is 638 Å². The average Bonchev–Trinajstić information content (AvgIpc) is 1.57. The molecule has 0 aliphatic heterocycles. The van der Waals surface area contributed by atoms with Gasteiger partial charge in [0, 0.05) is 10.8 Å². The molecule has 0 saturated heterocycles. The van der Waals surface area contributed by atoms with E-state index in [2.05, 4.69) is 306 Å². The monoisotopic (exact) mass is 2040 g/mol. The molecule has 12 aromatic rings. The Kier molecular flexibility index (Phi) is 29.6. The molecule has 0 nitrogen and oxygen atoms in total. The molecule has 0 aromatic heterocycles. The topological polar surface area (TPSA) is 0 Å². The van der Waals surface area contributed by atoms with Gasteiger partial charge < -0.3 is 25.7 Å². The van der Waals surface area contributed by atoms with Gasteiger partial charge in [-0.15, -0.1) is 70.8 Å². The van der Waals surface area contributed by atoms with E-state index in [1.807, 2.05) is 60.7 Å². The molecule has 96 heavy (non-hydrogen) atoms. The Morgan fingerprint density at radius 3 is 0.615 bits per heavy atom. The van der Waals surface area contributed by atoms with Crippen LogP contribution in [0.4, 0.5) is 0 Å². The molecule has 484 valence electrons. The van der Waals surface area contributed by atoms with Crippen LogP contribution in [0.15, 0.2) is 315 Å². The molecule has 0 fully saturated rings. The molecule has 0 unspecified atom stereocenters. The number of benzene rings is 12. The first-order chi connectivity index (χ1) is 45.0. The van der Waals surface area contributed by atoms with Crippen molar-refractivity contribution in [3.05, 3.63) is 386 Å². The van der Waals surface area contributed by atoms with Crippen LogP contribution in [0.25, 0.3) is 22.3 Å². The number of hydrogen-bond donors (Lipinski definition) is 0. The molecule has 0 saturated carbocycles. The zero-order valence-electron chi connectivity index (χ0n) is 53.6. The van der Waals surface area contributed by atoms with Crippen molar-refractivity contribution in [2.45, 2.75) is 38.5 Å². The minimum Gasteiger partial charge on any atom is -0.366 e. The molecule has 0 radical (unpaired) electrons. The molecule has 0 N–H and O–H groups in total. The Morgan fingerprint density at radius 1 is 0.229 bits per heavy atom. The fourth-order valence-electron chi connectivity index (χ4n) is 12.8. The van der Waals surface area contributed by atoms with Gasteiger partial charge in [0.2, 0.25) is 0 Å². The Balaban J connectivity index is 0.000000180. The fraction of sp³-hybridized carbons (Fsp3) is 0.0909. The van der Waals surface area contributed by atoms with Crippen molar-refractivity contribution in [2.75, 3.05) is 11.8 Å². The van der Waals surface area contributed by atoms with E-state index < -0.39 is 31.7 Å². The minimum absolute atomic E-state index is 0. The van der Waals surface area contributed by atoms with E-state index in [-0.39, 0.29) is 100 Å². The molecular weight excluding hydrogens is 1970 g/mol. The van der Waals surface area contributed by atoms with Gasteiger partial charge in [-0.2, -0.15) is 0 Å². The fourth-order valence-corrected chi connectivity index (χ4v) is 28.2. The zero-order valence-corrected chi connectivity index (χ0v) is 66.3. The normalized spacial score (nSPS) is 11.8. The van der Waals surface area contributed by atoms with Gasteiger partial charge in [0.05, 0.1) is 0 Å². The van der Waals surface area contributed by atoms with Crippen LogP contribution >= 0.6 is 31.7 Å². The van der Waals surface area contributed by atoms with E-state index >= 15 is 0 Å². The molecule has 0 spiro atoms. The van der Waals surface area contributed by atoms with Gasteiger partial charge in [-0.3, -0.25) is 23.7 Å². The summed E-state index contributed by atoms with van der Waals surface area (Å²) in [6, 6.07) is 113. The van der Waals surface area contributed by atoms with E-state index in [0.29, 0.717) is 0 Å². The second-order valence-corrected chi connectivity index (χ2v) is 35.3. The largest absolute Gasteiger partial charge is 1.00 e. The smallest absolute Gasteiger partial charge is 0.366 e. The van der Waals surface area contributed by atoms with Gasteiger partial charge in [-0.25, -0.2) is 0 Å².